The number of hydrogen-bond donors (Lipinski definition) is 1. The van der Waals surface area contributed by atoms with Crippen molar-refractivity contribution in [1.29, 1.82) is 0 Å². The standard InChI is InChI=1S/C14H22N2S/c1-2-6-14-13(5-1)15-8-10-16(14)9-7-12-4-3-11-17-12/h3-4,11,13-15H,1-2,5-10H2/t13-,14-/m1/s1. The molecule has 0 unspecified atom stereocenters. The summed E-state index contributed by atoms with van der Waals surface area (Å²) in [6.45, 7) is 3.68. The van der Waals surface area contributed by atoms with Gasteiger partial charge in [-0.25, -0.2) is 0 Å². The molecule has 0 aromatic carbocycles. The van der Waals surface area contributed by atoms with E-state index in [1.807, 2.05) is 11.3 Å². The highest BCUT2D eigenvalue weighted by atomic mass is 32.1. The predicted octanol–water partition coefficient (Wildman–Crippen LogP) is 2.51. The molecule has 94 valence electrons. The molecule has 1 N–H and O–H groups in total. The molecule has 3 rings (SSSR count). The molecule has 0 spiro atoms. The maximum atomic E-state index is 3.71. The molecular weight excluding hydrogens is 228 g/mol. The summed E-state index contributed by atoms with van der Waals surface area (Å²) in [4.78, 5) is 4.27. The van der Waals surface area contributed by atoms with Crippen LogP contribution in [0.1, 0.15) is 30.6 Å². The molecule has 3 heteroatoms. The van der Waals surface area contributed by atoms with E-state index in [1.54, 1.807) is 0 Å². The zero-order valence-electron chi connectivity index (χ0n) is 10.4. The van der Waals surface area contributed by atoms with Gasteiger partial charge in [0.15, 0.2) is 0 Å². The molecule has 0 bridgehead atoms. The summed E-state index contributed by atoms with van der Waals surface area (Å²) in [6, 6.07) is 6.03. The molecule has 0 radical (unpaired) electrons. The van der Waals surface area contributed by atoms with E-state index in [1.165, 1.54) is 56.6 Å². The van der Waals surface area contributed by atoms with Crippen molar-refractivity contribution < 1.29 is 0 Å². The second-order valence-electron chi connectivity index (χ2n) is 5.28. The minimum Gasteiger partial charge on any atom is -0.311 e. The number of piperazine rings is 1. The van der Waals surface area contributed by atoms with E-state index in [0.717, 1.165) is 12.1 Å². The maximum Gasteiger partial charge on any atom is 0.0250 e. The van der Waals surface area contributed by atoms with Gasteiger partial charge >= 0.3 is 0 Å². The van der Waals surface area contributed by atoms with E-state index >= 15 is 0 Å². The normalized spacial score (nSPS) is 30.1. The van der Waals surface area contributed by atoms with Crippen LogP contribution in [0.5, 0.6) is 0 Å². The predicted molar refractivity (Wildman–Crippen MR) is 73.6 cm³/mol. The van der Waals surface area contributed by atoms with Gasteiger partial charge in [-0.1, -0.05) is 18.9 Å². The van der Waals surface area contributed by atoms with Crippen LogP contribution in [-0.2, 0) is 6.42 Å². The van der Waals surface area contributed by atoms with Gasteiger partial charge in [0.2, 0.25) is 0 Å². The highest BCUT2D eigenvalue weighted by Crippen LogP contribution is 2.25. The lowest BCUT2D eigenvalue weighted by Gasteiger charge is -2.44. The van der Waals surface area contributed by atoms with Crippen LogP contribution in [0.25, 0.3) is 0 Å². The van der Waals surface area contributed by atoms with Crippen LogP contribution in [0.2, 0.25) is 0 Å². The Morgan fingerprint density at radius 3 is 3.18 bits per heavy atom. The van der Waals surface area contributed by atoms with Gasteiger partial charge in [-0.2, -0.15) is 0 Å². The Kier molecular flexibility index (Phi) is 3.79. The van der Waals surface area contributed by atoms with Gasteiger partial charge < -0.3 is 5.32 Å². The maximum absolute atomic E-state index is 3.71. The lowest BCUT2D eigenvalue weighted by atomic mass is 9.87. The van der Waals surface area contributed by atoms with E-state index in [0.29, 0.717) is 0 Å². The van der Waals surface area contributed by atoms with E-state index in [-0.39, 0.29) is 0 Å². The molecule has 1 aromatic heterocycles. The molecule has 2 atom stereocenters. The fraction of sp³-hybridized carbons (Fsp3) is 0.714. The topological polar surface area (TPSA) is 15.3 Å². The van der Waals surface area contributed by atoms with E-state index in [4.69, 9.17) is 0 Å². The number of fused-ring (bicyclic) bond motifs is 1. The van der Waals surface area contributed by atoms with Crippen molar-refractivity contribution in [2.45, 2.75) is 44.2 Å². The zero-order valence-corrected chi connectivity index (χ0v) is 11.2. The van der Waals surface area contributed by atoms with Crippen molar-refractivity contribution in [2.24, 2.45) is 0 Å². The molecule has 1 aliphatic carbocycles. The van der Waals surface area contributed by atoms with Gasteiger partial charge in [-0.15, -0.1) is 11.3 Å². The second kappa shape index (κ2) is 5.51. The summed E-state index contributed by atoms with van der Waals surface area (Å²) in [5.41, 5.74) is 0. The molecule has 1 saturated heterocycles. The molecule has 1 saturated carbocycles. The molecule has 1 aliphatic heterocycles. The Hall–Kier alpha value is -0.380. The van der Waals surface area contributed by atoms with Gasteiger partial charge in [0, 0.05) is 36.6 Å². The summed E-state index contributed by atoms with van der Waals surface area (Å²) in [7, 11) is 0. The Morgan fingerprint density at radius 1 is 1.35 bits per heavy atom. The average molecular weight is 250 g/mol. The molecule has 1 aromatic rings. The lowest BCUT2D eigenvalue weighted by Crippen LogP contribution is -2.59. The summed E-state index contributed by atoms with van der Waals surface area (Å²) in [5, 5.41) is 5.90. The number of rotatable bonds is 3. The van der Waals surface area contributed by atoms with Crippen LogP contribution in [0.3, 0.4) is 0 Å². The van der Waals surface area contributed by atoms with Crippen LogP contribution in [0, 0.1) is 0 Å². The monoisotopic (exact) mass is 250 g/mol. The highest BCUT2D eigenvalue weighted by molar-refractivity contribution is 7.09. The minimum atomic E-state index is 0.779. The highest BCUT2D eigenvalue weighted by Gasteiger charge is 2.32. The van der Waals surface area contributed by atoms with Crippen LogP contribution in [0.4, 0.5) is 0 Å². The molecule has 0 amide bonds. The first-order valence-electron chi connectivity index (χ1n) is 6.93. The summed E-state index contributed by atoms with van der Waals surface area (Å²) >= 11 is 1.90. The Balaban J connectivity index is 1.57. The van der Waals surface area contributed by atoms with Crippen molar-refractivity contribution in [3.63, 3.8) is 0 Å². The van der Waals surface area contributed by atoms with Crippen LogP contribution >= 0.6 is 11.3 Å². The largest absolute Gasteiger partial charge is 0.311 e. The van der Waals surface area contributed by atoms with Gasteiger partial charge in [0.1, 0.15) is 0 Å². The third-order valence-corrected chi connectivity index (χ3v) is 5.17. The molecule has 17 heavy (non-hydrogen) atoms. The Morgan fingerprint density at radius 2 is 2.29 bits per heavy atom. The van der Waals surface area contributed by atoms with Crippen LogP contribution in [0.15, 0.2) is 17.5 Å². The fourth-order valence-electron chi connectivity index (χ4n) is 3.33. The molecule has 2 fully saturated rings. The first kappa shape index (κ1) is 11.7. The number of nitrogens with one attached hydrogen (secondary N) is 1. The van der Waals surface area contributed by atoms with Crippen molar-refractivity contribution in [3.05, 3.63) is 22.4 Å². The minimum absolute atomic E-state index is 0.779. The van der Waals surface area contributed by atoms with Crippen molar-refractivity contribution >= 4 is 11.3 Å². The van der Waals surface area contributed by atoms with Crippen LogP contribution in [-0.4, -0.2) is 36.6 Å². The number of nitrogens with zero attached hydrogens (tertiary/aromatic N) is 1. The molecular formula is C14H22N2S. The second-order valence-corrected chi connectivity index (χ2v) is 6.31. The van der Waals surface area contributed by atoms with Gasteiger partial charge in [0.25, 0.3) is 0 Å². The molecule has 2 heterocycles. The van der Waals surface area contributed by atoms with E-state index < -0.39 is 0 Å². The molecule has 2 nitrogen and oxygen atoms in total. The Labute approximate surface area is 108 Å². The smallest absolute Gasteiger partial charge is 0.0250 e. The number of hydrogen-bond acceptors (Lipinski definition) is 3. The van der Waals surface area contributed by atoms with Gasteiger partial charge in [-0.3, -0.25) is 4.90 Å². The first-order chi connectivity index (χ1) is 8.43. The van der Waals surface area contributed by atoms with E-state index in [9.17, 15) is 0 Å². The van der Waals surface area contributed by atoms with Gasteiger partial charge in [0.05, 0.1) is 0 Å². The SMILES string of the molecule is c1csc(CCN2CCN[C@@H]3CCCC[C@H]32)c1. The van der Waals surface area contributed by atoms with E-state index in [2.05, 4.69) is 27.7 Å². The third kappa shape index (κ3) is 2.72. The fourth-order valence-corrected chi connectivity index (χ4v) is 4.03. The number of thiophene rings is 1. The van der Waals surface area contributed by atoms with Gasteiger partial charge in [-0.05, 0) is 30.7 Å². The van der Waals surface area contributed by atoms with Crippen molar-refractivity contribution in [3.8, 4) is 0 Å². The van der Waals surface area contributed by atoms with Crippen molar-refractivity contribution in [1.82, 2.24) is 10.2 Å². The average Bonchev–Trinajstić information content (AvgIpc) is 2.89. The van der Waals surface area contributed by atoms with Crippen molar-refractivity contribution in [2.75, 3.05) is 19.6 Å². The van der Waals surface area contributed by atoms with Crippen LogP contribution < -0.4 is 5.32 Å². The summed E-state index contributed by atoms with van der Waals surface area (Å²) in [6.07, 6.45) is 6.88. The summed E-state index contributed by atoms with van der Waals surface area (Å²) < 4.78 is 0. The Bertz CT molecular complexity index is 334. The quantitative estimate of drug-likeness (QED) is 0.887. The molecule has 2 aliphatic rings. The lowest BCUT2D eigenvalue weighted by molar-refractivity contribution is 0.0895. The zero-order chi connectivity index (χ0) is 11.5. The third-order valence-electron chi connectivity index (χ3n) is 4.23. The first-order valence-corrected chi connectivity index (χ1v) is 7.81. The summed E-state index contributed by atoms with van der Waals surface area (Å²) in [5.74, 6) is 0.